The summed E-state index contributed by atoms with van der Waals surface area (Å²) in [5.74, 6) is 4.34. The Kier molecular flexibility index (Phi) is 4.92. The van der Waals surface area contributed by atoms with Gasteiger partial charge in [-0.15, -0.1) is 0 Å². The highest BCUT2D eigenvalue weighted by Gasteiger charge is 2.38. The van der Waals surface area contributed by atoms with Gasteiger partial charge in [-0.05, 0) is 45.1 Å². The van der Waals surface area contributed by atoms with Crippen molar-refractivity contribution in [2.24, 2.45) is 10.8 Å². The maximum absolute atomic E-state index is 13.7. The van der Waals surface area contributed by atoms with Crippen molar-refractivity contribution in [2.45, 2.75) is 79.3 Å². The molecule has 2 aliphatic rings. The van der Waals surface area contributed by atoms with Crippen LogP contribution in [-0.4, -0.2) is 5.66 Å². The van der Waals surface area contributed by atoms with E-state index in [0.29, 0.717) is 5.66 Å². The second-order valence-corrected chi connectivity index (χ2v) is 12.5. The van der Waals surface area contributed by atoms with E-state index in [1.54, 1.807) is 0 Å². The Balaban J connectivity index is 2.44. The number of hydrogen-bond donors (Lipinski definition) is 0. The van der Waals surface area contributed by atoms with Crippen LogP contribution in [0, 0.1) is 10.8 Å². The third-order valence-electron chi connectivity index (χ3n) is 4.48. The maximum Gasteiger partial charge on any atom is 0.134 e. The summed E-state index contributed by atoms with van der Waals surface area (Å²) in [7, 11) is -2.34. The molecule has 1 saturated carbocycles. The lowest BCUT2D eigenvalue weighted by atomic mass is 9.96. The first-order chi connectivity index (χ1) is 9.52. The molecular weight excluding hydrogens is 295 g/mol. The van der Waals surface area contributed by atoms with Crippen molar-refractivity contribution in [1.82, 2.24) is 0 Å². The Morgan fingerprint density at radius 1 is 0.905 bits per heavy atom. The molecule has 0 aromatic carbocycles. The molecule has 0 aromatic rings. The van der Waals surface area contributed by atoms with Crippen LogP contribution in [0.25, 0.3) is 0 Å². The van der Waals surface area contributed by atoms with Crippen LogP contribution in [0.5, 0.6) is 0 Å². The predicted molar refractivity (Wildman–Crippen MR) is 97.1 cm³/mol. The van der Waals surface area contributed by atoms with Gasteiger partial charge in [-0.3, -0.25) is 0 Å². The summed E-state index contributed by atoms with van der Waals surface area (Å²) in [6.07, 6.45) is 6.10. The fourth-order valence-electron chi connectivity index (χ4n) is 2.96. The summed E-state index contributed by atoms with van der Waals surface area (Å²) >= 11 is 1.86. The molecule has 0 saturated heterocycles. The summed E-state index contributed by atoms with van der Waals surface area (Å²) in [5, 5.41) is 0. The third kappa shape index (κ3) is 4.08. The van der Waals surface area contributed by atoms with Crippen molar-refractivity contribution in [3.05, 3.63) is 21.4 Å². The molecule has 120 valence electrons. The molecule has 1 nitrogen and oxygen atoms in total. The van der Waals surface area contributed by atoms with Crippen LogP contribution >= 0.6 is 18.9 Å². The lowest BCUT2D eigenvalue weighted by Crippen LogP contribution is -2.18. The van der Waals surface area contributed by atoms with Gasteiger partial charge < -0.3 is 4.57 Å². The average Bonchev–Trinajstić information content (AvgIpc) is 2.37. The van der Waals surface area contributed by atoms with E-state index < -0.39 is 7.14 Å². The highest BCUT2D eigenvalue weighted by molar-refractivity contribution is 8.07. The SMILES string of the molecule is CC(C)(C)C1=CP(=O)(C2CCCCC2)C=C(C(C)(C)C)S1. The molecule has 3 heteroatoms. The molecule has 0 aromatic heterocycles. The molecule has 0 atom stereocenters. The second kappa shape index (κ2) is 5.93. The molecule has 0 amide bonds. The summed E-state index contributed by atoms with van der Waals surface area (Å²) in [4.78, 5) is 2.62. The fraction of sp³-hybridized carbons (Fsp3) is 0.778. The summed E-state index contributed by atoms with van der Waals surface area (Å²) in [6.45, 7) is 13.4. The van der Waals surface area contributed by atoms with Crippen LogP contribution in [-0.2, 0) is 4.57 Å². The van der Waals surface area contributed by atoms with Gasteiger partial charge in [0.25, 0.3) is 0 Å². The molecule has 1 aliphatic heterocycles. The van der Waals surface area contributed by atoms with Gasteiger partial charge in [-0.2, -0.15) is 0 Å². The lowest BCUT2D eigenvalue weighted by Gasteiger charge is -2.37. The van der Waals surface area contributed by atoms with Crippen LogP contribution < -0.4 is 0 Å². The van der Waals surface area contributed by atoms with E-state index in [1.807, 2.05) is 11.8 Å². The van der Waals surface area contributed by atoms with E-state index in [1.165, 1.54) is 29.1 Å². The van der Waals surface area contributed by atoms with Crippen LogP contribution in [0.4, 0.5) is 0 Å². The van der Waals surface area contributed by atoms with Gasteiger partial charge in [-0.25, -0.2) is 0 Å². The zero-order valence-electron chi connectivity index (χ0n) is 14.5. The van der Waals surface area contributed by atoms with Gasteiger partial charge in [0.1, 0.15) is 7.14 Å². The molecule has 0 spiro atoms. The predicted octanol–water partition coefficient (Wildman–Crippen LogP) is 7.20. The Bertz CT molecular complexity index is 462. The van der Waals surface area contributed by atoms with Gasteiger partial charge in [0.2, 0.25) is 0 Å². The minimum atomic E-state index is -2.34. The summed E-state index contributed by atoms with van der Waals surface area (Å²) < 4.78 is 13.7. The van der Waals surface area contributed by atoms with Crippen molar-refractivity contribution in [2.75, 3.05) is 0 Å². The van der Waals surface area contributed by atoms with E-state index >= 15 is 0 Å². The zero-order chi connectivity index (χ0) is 15.9. The summed E-state index contributed by atoms with van der Waals surface area (Å²) in [6, 6.07) is 0. The monoisotopic (exact) mass is 326 g/mol. The standard InChI is InChI=1S/C18H31OPS/c1-17(2,3)15-12-20(19,14-10-8-7-9-11-14)13-16(21-15)18(4,5)6/h12-14H,7-11H2,1-6H3. The van der Waals surface area contributed by atoms with Gasteiger partial charge in [-0.1, -0.05) is 72.6 Å². The molecule has 1 fully saturated rings. The first kappa shape index (κ1) is 17.4. The van der Waals surface area contributed by atoms with E-state index in [9.17, 15) is 4.57 Å². The van der Waals surface area contributed by atoms with Gasteiger partial charge >= 0.3 is 0 Å². The van der Waals surface area contributed by atoms with Gasteiger partial charge in [0, 0.05) is 5.66 Å². The Hall–Kier alpha value is 0.0600. The number of allylic oxidation sites excluding steroid dienone is 2. The van der Waals surface area contributed by atoms with Crippen molar-refractivity contribution in [3.63, 3.8) is 0 Å². The van der Waals surface area contributed by atoms with Crippen molar-refractivity contribution in [1.29, 1.82) is 0 Å². The van der Waals surface area contributed by atoms with E-state index in [0.717, 1.165) is 12.8 Å². The van der Waals surface area contributed by atoms with Crippen LogP contribution in [0.1, 0.15) is 73.6 Å². The van der Waals surface area contributed by atoms with Gasteiger partial charge in [0.05, 0.1) is 0 Å². The quantitative estimate of drug-likeness (QED) is 0.474. The minimum Gasteiger partial charge on any atom is -0.315 e. The molecule has 21 heavy (non-hydrogen) atoms. The molecular formula is C18H31OPS. The highest BCUT2D eigenvalue weighted by Crippen LogP contribution is 2.66. The Morgan fingerprint density at radius 3 is 1.71 bits per heavy atom. The van der Waals surface area contributed by atoms with Crippen LogP contribution in [0.15, 0.2) is 21.4 Å². The topological polar surface area (TPSA) is 17.1 Å². The number of thioether (sulfide) groups is 1. The van der Waals surface area contributed by atoms with E-state index in [-0.39, 0.29) is 10.8 Å². The number of hydrogen-bond acceptors (Lipinski definition) is 2. The minimum absolute atomic E-state index is 0.0831. The van der Waals surface area contributed by atoms with Crippen LogP contribution in [0.3, 0.4) is 0 Å². The molecule has 0 N–H and O–H groups in total. The largest absolute Gasteiger partial charge is 0.315 e. The molecule has 1 heterocycles. The molecule has 1 aliphatic carbocycles. The molecule has 2 rings (SSSR count). The number of rotatable bonds is 1. The molecule has 0 radical (unpaired) electrons. The first-order valence-corrected chi connectivity index (χ1v) is 11.0. The lowest BCUT2D eigenvalue weighted by molar-refractivity contribution is 0.486. The van der Waals surface area contributed by atoms with Crippen molar-refractivity contribution in [3.8, 4) is 0 Å². The van der Waals surface area contributed by atoms with Gasteiger partial charge in [0.15, 0.2) is 0 Å². The maximum atomic E-state index is 13.7. The second-order valence-electron chi connectivity index (χ2n) is 8.64. The van der Waals surface area contributed by atoms with Crippen LogP contribution in [0.2, 0.25) is 0 Å². The molecule has 0 unspecified atom stereocenters. The van der Waals surface area contributed by atoms with Crippen molar-refractivity contribution >= 4 is 18.9 Å². The molecule has 0 bridgehead atoms. The Labute approximate surface area is 135 Å². The third-order valence-corrected chi connectivity index (χ3v) is 9.71. The van der Waals surface area contributed by atoms with E-state index in [2.05, 4.69) is 53.2 Å². The van der Waals surface area contributed by atoms with E-state index in [4.69, 9.17) is 0 Å². The highest BCUT2D eigenvalue weighted by atomic mass is 32.2. The van der Waals surface area contributed by atoms with Crippen molar-refractivity contribution < 1.29 is 4.57 Å². The average molecular weight is 326 g/mol. The zero-order valence-corrected chi connectivity index (χ0v) is 16.2. The first-order valence-electron chi connectivity index (χ1n) is 8.26. The normalized spacial score (nSPS) is 24.5. The summed E-state index contributed by atoms with van der Waals surface area (Å²) in [5.41, 5.74) is 0.557. The Morgan fingerprint density at radius 2 is 1.33 bits per heavy atom. The fourth-order valence-corrected chi connectivity index (χ4v) is 8.40. The smallest absolute Gasteiger partial charge is 0.134 e.